The highest BCUT2D eigenvalue weighted by atomic mass is 79.9. The second-order valence-corrected chi connectivity index (χ2v) is 4.88. The molecule has 0 unspecified atom stereocenters. The highest BCUT2D eigenvalue weighted by Crippen LogP contribution is 2.11. The van der Waals surface area contributed by atoms with Gasteiger partial charge in [-0.15, -0.1) is 0 Å². The van der Waals surface area contributed by atoms with Gasteiger partial charge >= 0.3 is 0 Å². The molecule has 2 aromatic rings. The molecule has 1 N–H and O–H groups in total. The van der Waals surface area contributed by atoms with Crippen LogP contribution in [0.2, 0.25) is 0 Å². The lowest BCUT2D eigenvalue weighted by molar-refractivity contribution is 0.0951. The Bertz CT molecular complexity index is 579. The molecule has 2 rings (SSSR count). The number of benzene rings is 2. The normalized spacial score (nSPS) is 10.3. The summed E-state index contributed by atoms with van der Waals surface area (Å²) in [6.45, 7) is 0.0730. The summed E-state index contributed by atoms with van der Waals surface area (Å²) < 4.78 is 26.8. The van der Waals surface area contributed by atoms with Crippen molar-refractivity contribution in [3.63, 3.8) is 0 Å². The molecular formula is C14H10BrF2NO. The van der Waals surface area contributed by atoms with Gasteiger partial charge in [-0.3, -0.25) is 4.79 Å². The summed E-state index contributed by atoms with van der Waals surface area (Å²) in [6, 6.07) is 9.97. The third-order valence-corrected chi connectivity index (χ3v) is 3.01. The molecule has 0 atom stereocenters. The monoisotopic (exact) mass is 325 g/mol. The van der Waals surface area contributed by atoms with E-state index in [1.807, 2.05) is 0 Å². The lowest BCUT2D eigenvalue weighted by Crippen LogP contribution is -2.22. The summed E-state index contributed by atoms with van der Waals surface area (Å²) in [5.74, 6) is -1.61. The van der Waals surface area contributed by atoms with Crippen molar-refractivity contribution in [1.29, 1.82) is 0 Å². The molecule has 0 aliphatic rings. The van der Waals surface area contributed by atoms with Crippen molar-refractivity contribution in [2.75, 3.05) is 0 Å². The maximum atomic E-state index is 13.0. The van der Waals surface area contributed by atoms with Crippen LogP contribution in [0.25, 0.3) is 0 Å². The minimum Gasteiger partial charge on any atom is -0.348 e. The summed E-state index contributed by atoms with van der Waals surface area (Å²) in [7, 11) is 0. The Kier molecular flexibility index (Phi) is 4.27. The van der Waals surface area contributed by atoms with Gasteiger partial charge < -0.3 is 5.32 Å². The van der Waals surface area contributed by atoms with Crippen LogP contribution in [-0.2, 0) is 6.54 Å². The van der Waals surface area contributed by atoms with Gasteiger partial charge in [-0.2, -0.15) is 0 Å². The molecule has 0 radical (unpaired) electrons. The highest BCUT2D eigenvalue weighted by Gasteiger charge is 2.06. The molecule has 1 amide bonds. The second kappa shape index (κ2) is 5.93. The maximum Gasteiger partial charge on any atom is 0.251 e. The summed E-state index contributed by atoms with van der Waals surface area (Å²) in [5, 5.41) is 2.60. The van der Waals surface area contributed by atoms with Crippen LogP contribution in [0, 0.1) is 11.6 Å². The molecule has 2 aromatic carbocycles. The topological polar surface area (TPSA) is 29.1 Å². The van der Waals surface area contributed by atoms with Crippen molar-refractivity contribution in [2.24, 2.45) is 0 Å². The van der Waals surface area contributed by atoms with Crippen LogP contribution in [-0.4, -0.2) is 5.91 Å². The molecule has 98 valence electrons. The Hall–Kier alpha value is -1.75. The van der Waals surface area contributed by atoms with Crippen molar-refractivity contribution < 1.29 is 13.6 Å². The van der Waals surface area contributed by atoms with Crippen molar-refractivity contribution in [2.45, 2.75) is 6.54 Å². The zero-order valence-electron chi connectivity index (χ0n) is 9.79. The van der Waals surface area contributed by atoms with Gasteiger partial charge in [0.1, 0.15) is 11.6 Å². The summed E-state index contributed by atoms with van der Waals surface area (Å²) in [4.78, 5) is 11.8. The van der Waals surface area contributed by atoms with Crippen LogP contribution in [0.3, 0.4) is 0 Å². The first-order chi connectivity index (χ1) is 9.04. The number of nitrogens with one attached hydrogen (secondary N) is 1. The Labute approximate surface area is 117 Å². The number of carbonyl (C=O) groups is 1. The number of rotatable bonds is 3. The lowest BCUT2D eigenvalue weighted by Gasteiger charge is -2.06. The fourth-order valence-corrected chi connectivity index (χ4v) is 1.86. The van der Waals surface area contributed by atoms with Gasteiger partial charge in [-0.1, -0.05) is 15.9 Å². The zero-order valence-corrected chi connectivity index (χ0v) is 11.4. The molecule has 0 fully saturated rings. The number of hydrogen-bond donors (Lipinski definition) is 1. The van der Waals surface area contributed by atoms with Crippen molar-refractivity contribution in [3.8, 4) is 0 Å². The average Bonchev–Trinajstić information content (AvgIpc) is 2.36. The zero-order chi connectivity index (χ0) is 13.8. The Balaban J connectivity index is 2.02. The number of amides is 1. The van der Waals surface area contributed by atoms with Crippen LogP contribution in [0.15, 0.2) is 46.9 Å². The summed E-state index contributed by atoms with van der Waals surface area (Å²) in [6.07, 6.45) is 0. The van der Waals surface area contributed by atoms with E-state index >= 15 is 0 Å². The van der Waals surface area contributed by atoms with E-state index in [2.05, 4.69) is 21.2 Å². The Morgan fingerprint density at radius 2 is 1.63 bits per heavy atom. The smallest absolute Gasteiger partial charge is 0.251 e. The van der Waals surface area contributed by atoms with E-state index in [-0.39, 0.29) is 12.5 Å². The van der Waals surface area contributed by atoms with Crippen LogP contribution < -0.4 is 5.32 Å². The average molecular weight is 326 g/mol. The van der Waals surface area contributed by atoms with E-state index < -0.39 is 11.6 Å². The minimum absolute atomic E-state index is 0.0730. The molecule has 0 spiro atoms. The summed E-state index contributed by atoms with van der Waals surface area (Å²) >= 11 is 3.27. The first-order valence-corrected chi connectivity index (χ1v) is 6.32. The van der Waals surface area contributed by atoms with Gasteiger partial charge in [0.15, 0.2) is 0 Å². The Morgan fingerprint density at radius 1 is 1.05 bits per heavy atom. The molecular weight excluding hydrogens is 316 g/mol. The largest absolute Gasteiger partial charge is 0.348 e. The molecule has 2 nitrogen and oxygen atoms in total. The molecule has 0 aromatic heterocycles. The van der Waals surface area contributed by atoms with Gasteiger partial charge in [0.25, 0.3) is 5.91 Å². The number of halogens is 3. The standard InChI is InChI=1S/C14H10BrF2NO/c15-11-3-1-10(2-4-11)14(19)18-8-9-5-12(16)7-13(17)6-9/h1-7H,8H2,(H,18,19). The highest BCUT2D eigenvalue weighted by molar-refractivity contribution is 9.10. The van der Waals surface area contributed by atoms with Crippen molar-refractivity contribution in [1.82, 2.24) is 5.32 Å². The van der Waals surface area contributed by atoms with E-state index in [1.54, 1.807) is 24.3 Å². The van der Waals surface area contributed by atoms with E-state index in [0.29, 0.717) is 11.1 Å². The molecule has 19 heavy (non-hydrogen) atoms. The Morgan fingerprint density at radius 3 is 2.21 bits per heavy atom. The molecule has 0 heterocycles. The van der Waals surface area contributed by atoms with E-state index in [1.165, 1.54) is 12.1 Å². The minimum atomic E-state index is -0.659. The fraction of sp³-hybridized carbons (Fsp3) is 0.0714. The van der Waals surface area contributed by atoms with Crippen LogP contribution in [0.4, 0.5) is 8.78 Å². The van der Waals surface area contributed by atoms with Gasteiger partial charge in [0.2, 0.25) is 0 Å². The van der Waals surface area contributed by atoms with Gasteiger partial charge in [0, 0.05) is 22.6 Å². The molecule has 0 saturated heterocycles. The molecule has 0 aliphatic heterocycles. The third kappa shape index (κ3) is 3.86. The number of carbonyl (C=O) groups excluding carboxylic acids is 1. The quantitative estimate of drug-likeness (QED) is 0.916. The van der Waals surface area contributed by atoms with Crippen LogP contribution >= 0.6 is 15.9 Å². The van der Waals surface area contributed by atoms with Crippen molar-refractivity contribution in [3.05, 3.63) is 69.7 Å². The predicted octanol–water partition coefficient (Wildman–Crippen LogP) is 3.66. The lowest BCUT2D eigenvalue weighted by atomic mass is 10.2. The van der Waals surface area contributed by atoms with Gasteiger partial charge in [-0.05, 0) is 42.0 Å². The van der Waals surface area contributed by atoms with E-state index in [0.717, 1.165) is 10.5 Å². The molecule has 0 bridgehead atoms. The number of hydrogen-bond acceptors (Lipinski definition) is 1. The third-order valence-electron chi connectivity index (χ3n) is 2.48. The van der Waals surface area contributed by atoms with E-state index in [4.69, 9.17) is 0 Å². The fourth-order valence-electron chi connectivity index (χ4n) is 1.60. The van der Waals surface area contributed by atoms with Crippen LogP contribution in [0.1, 0.15) is 15.9 Å². The summed E-state index contributed by atoms with van der Waals surface area (Å²) in [5.41, 5.74) is 0.864. The first kappa shape index (κ1) is 13.7. The van der Waals surface area contributed by atoms with Gasteiger partial charge in [-0.25, -0.2) is 8.78 Å². The first-order valence-electron chi connectivity index (χ1n) is 5.53. The van der Waals surface area contributed by atoms with Crippen LogP contribution in [0.5, 0.6) is 0 Å². The SMILES string of the molecule is O=C(NCc1cc(F)cc(F)c1)c1ccc(Br)cc1. The van der Waals surface area contributed by atoms with Crippen molar-refractivity contribution >= 4 is 21.8 Å². The van der Waals surface area contributed by atoms with Gasteiger partial charge in [0.05, 0.1) is 0 Å². The van der Waals surface area contributed by atoms with E-state index in [9.17, 15) is 13.6 Å². The molecule has 5 heteroatoms. The predicted molar refractivity (Wildman–Crippen MR) is 71.7 cm³/mol. The maximum absolute atomic E-state index is 13.0. The molecule has 0 aliphatic carbocycles. The second-order valence-electron chi connectivity index (χ2n) is 3.97. The molecule has 0 saturated carbocycles.